The molecule has 0 radical (unpaired) electrons. The number of hydrogen-bond acceptors (Lipinski definition) is 5. The molecule has 1 aromatic rings. The summed E-state index contributed by atoms with van der Waals surface area (Å²) in [6, 6.07) is 0. The number of aryl methyl sites for hydroxylation is 1. The molecule has 1 aliphatic rings. The van der Waals surface area contributed by atoms with Crippen molar-refractivity contribution in [2.45, 2.75) is 45.1 Å². The second-order valence-electron chi connectivity index (χ2n) is 5.43. The zero-order valence-electron chi connectivity index (χ0n) is 12.8. The maximum Gasteiger partial charge on any atom is 0.360 e. The second-order valence-corrected chi connectivity index (χ2v) is 5.43. The molecule has 0 atom stereocenters. The van der Waals surface area contributed by atoms with Gasteiger partial charge in [0.05, 0.1) is 12.3 Å². The Kier molecular flexibility index (Phi) is 4.93. The summed E-state index contributed by atoms with van der Waals surface area (Å²) in [5.41, 5.74) is 1.20. The van der Waals surface area contributed by atoms with E-state index in [9.17, 15) is 9.59 Å². The molecule has 7 heteroatoms. The zero-order chi connectivity index (χ0) is 15.4. The first-order valence-electron chi connectivity index (χ1n) is 7.35. The number of esters is 1. The van der Waals surface area contributed by atoms with Crippen LogP contribution in [0.2, 0.25) is 0 Å². The molecule has 0 saturated heterocycles. The van der Waals surface area contributed by atoms with Crippen molar-refractivity contribution in [1.29, 1.82) is 0 Å². The number of aromatic nitrogens is 3. The van der Waals surface area contributed by atoms with Crippen molar-refractivity contribution in [3.05, 3.63) is 11.4 Å². The van der Waals surface area contributed by atoms with Crippen molar-refractivity contribution in [1.82, 2.24) is 19.9 Å². The minimum Gasteiger partial charge on any atom is -0.461 e. The highest BCUT2D eigenvalue weighted by molar-refractivity contribution is 5.88. The van der Waals surface area contributed by atoms with E-state index in [0.29, 0.717) is 37.6 Å². The van der Waals surface area contributed by atoms with Crippen LogP contribution in [0.25, 0.3) is 0 Å². The van der Waals surface area contributed by atoms with Crippen LogP contribution in [0.5, 0.6) is 0 Å². The second kappa shape index (κ2) is 6.69. The van der Waals surface area contributed by atoms with Crippen LogP contribution in [0.3, 0.4) is 0 Å². The van der Waals surface area contributed by atoms with Crippen molar-refractivity contribution < 1.29 is 14.3 Å². The van der Waals surface area contributed by atoms with Gasteiger partial charge in [-0.2, -0.15) is 0 Å². The molecule has 116 valence electrons. The van der Waals surface area contributed by atoms with Gasteiger partial charge in [0, 0.05) is 33.0 Å². The monoisotopic (exact) mass is 294 g/mol. The molecular weight excluding hydrogens is 272 g/mol. The van der Waals surface area contributed by atoms with Gasteiger partial charge in [-0.25, -0.2) is 9.48 Å². The van der Waals surface area contributed by atoms with Crippen LogP contribution in [-0.4, -0.2) is 52.5 Å². The van der Waals surface area contributed by atoms with Crippen molar-refractivity contribution in [2.75, 3.05) is 20.7 Å². The Bertz CT molecular complexity index is 520. The van der Waals surface area contributed by atoms with Crippen LogP contribution in [0.4, 0.5) is 0 Å². The number of ether oxygens (including phenoxy) is 1. The summed E-state index contributed by atoms with van der Waals surface area (Å²) < 4.78 is 6.78. The Balaban J connectivity index is 2.03. The lowest BCUT2D eigenvalue weighted by atomic mass is 10.2. The van der Waals surface area contributed by atoms with Crippen LogP contribution < -0.4 is 0 Å². The molecule has 7 nitrogen and oxygen atoms in total. The van der Waals surface area contributed by atoms with E-state index in [-0.39, 0.29) is 5.91 Å². The van der Waals surface area contributed by atoms with Crippen LogP contribution in [0.15, 0.2) is 0 Å². The zero-order valence-corrected chi connectivity index (χ0v) is 12.8. The van der Waals surface area contributed by atoms with Gasteiger partial charge in [-0.3, -0.25) is 4.79 Å². The van der Waals surface area contributed by atoms with Gasteiger partial charge in [-0.15, -0.1) is 5.10 Å². The Morgan fingerprint density at radius 2 is 2.10 bits per heavy atom. The average Bonchev–Trinajstić information content (AvgIpc) is 3.19. The molecule has 1 fully saturated rings. The predicted molar refractivity (Wildman–Crippen MR) is 75.9 cm³/mol. The molecule has 0 unspecified atom stereocenters. The van der Waals surface area contributed by atoms with Crippen molar-refractivity contribution >= 4 is 11.9 Å². The Morgan fingerprint density at radius 1 is 1.38 bits per heavy atom. The number of carbonyl (C=O) groups is 2. The maximum absolute atomic E-state index is 11.9. The minimum atomic E-state index is -0.407. The first-order chi connectivity index (χ1) is 10.0. The molecule has 1 heterocycles. The van der Waals surface area contributed by atoms with E-state index < -0.39 is 5.97 Å². The molecule has 1 aliphatic carbocycles. The Labute approximate surface area is 124 Å². The van der Waals surface area contributed by atoms with Crippen LogP contribution >= 0.6 is 0 Å². The lowest BCUT2D eigenvalue weighted by Crippen LogP contribution is -2.21. The van der Waals surface area contributed by atoms with E-state index in [1.54, 1.807) is 30.6 Å². The van der Waals surface area contributed by atoms with Gasteiger partial charge in [0.25, 0.3) is 0 Å². The third-order valence-electron chi connectivity index (χ3n) is 3.47. The van der Waals surface area contributed by atoms with Gasteiger partial charge in [0.15, 0.2) is 5.69 Å². The largest absolute Gasteiger partial charge is 0.461 e. The average molecular weight is 294 g/mol. The van der Waals surface area contributed by atoms with Gasteiger partial charge < -0.3 is 9.64 Å². The fraction of sp³-hybridized carbons (Fsp3) is 0.714. The molecule has 2 rings (SSSR count). The highest BCUT2D eigenvalue weighted by atomic mass is 16.5. The van der Waals surface area contributed by atoms with E-state index in [1.807, 2.05) is 0 Å². The maximum atomic E-state index is 11.9. The number of nitrogens with zero attached hydrogens (tertiary/aromatic N) is 4. The summed E-state index contributed by atoms with van der Waals surface area (Å²) in [6.45, 7) is 2.69. The van der Waals surface area contributed by atoms with E-state index in [0.717, 1.165) is 18.5 Å². The van der Waals surface area contributed by atoms with Gasteiger partial charge in [-0.05, 0) is 26.2 Å². The SMILES string of the molecule is CCOC(=O)c1nnn(CCCC(=O)N(C)C)c1C1CC1. The molecule has 0 spiro atoms. The summed E-state index contributed by atoms with van der Waals surface area (Å²) in [4.78, 5) is 25.0. The quantitative estimate of drug-likeness (QED) is 0.706. The Hall–Kier alpha value is -1.92. The van der Waals surface area contributed by atoms with E-state index in [2.05, 4.69) is 10.3 Å². The molecule has 0 aromatic carbocycles. The summed E-state index contributed by atoms with van der Waals surface area (Å²) in [5, 5.41) is 8.04. The molecular formula is C14H22N4O3. The first-order valence-corrected chi connectivity index (χ1v) is 7.35. The summed E-state index contributed by atoms with van der Waals surface area (Å²) in [7, 11) is 3.48. The predicted octanol–water partition coefficient (Wildman–Crippen LogP) is 1.20. The first kappa shape index (κ1) is 15.5. The number of hydrogen-bond donors (Lipinski definition) is 0. The molecule has 0 aliphatic heterocycles. The lowest BCUT2D eigenvalue weighted by Gasteiger charge is -2.10. The Morgan fingerprint density at radius 3 is 2.67 bits per heavy atom. The van der Waals surface area contributed by atoms with Crippen LogP contribution in [0, 0.1) is 0 Å². The molecule has 1 amide bonds. The van der Waals surface area contributed by atoms with Gasteiger partial charge in [-0.1, -0.05) is 5.21 Å². The highest BCUT2D eigenvalue weighted by Crippen LogP contribution is 2.41. The smallest absolute Gasteiger partial charge is 0.360 e. The molecule has 1 saturated carbocycles. The lowest BCUT2D eigenvalue weighted by molar-refractivity contribution is -0.128. The van der Waals surface area contributed by atoms with Crippen molar-refractivity contribution in [3.8, 4) is 0 Å². The molecule has 1 aromatic heterocycles. The standard InChI is InChI=1S/C14H22N4O3/c1-4-21-14(20)12-13(10-7-8-10)18(16-15-12)9-5-6-11(19)17(2)3/h10H,4-9H2,1-3H3. The number of amides is 1. The van der Waals surface area contributed by atoms with Crippen molar-refractivity contribution in [3.63, 3.8) is 0 Å². The van der Waals surface area contributed by atoms with E-state index >= 15 is 0 Å². The topological polar surface area (TPSA) is 77.3 Å². The summed E-state index contributed by atoms with van der Waals surface area (Å²) in [5.74, 6) is 0.0349. The van der Waals surface area contributed by atoms with Gasteiger partial charge >= 0.3 is 5.97 Å². The normalized spacial score (nSPS) is 14.0. The summed E-state index contributed by atoms with van der Waals surface area (Å²) >= 11 is 0. The van der Waals surface area contributed by atoms with Crippen LogP contribution in [0.1, 0.15) is 54.7 Å². The van der Waals surface area contributed by atoms with Gasteiger partial charge in [0.2, 0.25) is 5.91 Å². The third-order valence-corrected chi connectivity index (χ3v) is 3.47. The number of carbonyl (C=O) groups excluding carboxylic acids is 2. The molecule has 21 heavy (non-hydrogen) atoms. The van der Waals surface area contributed by atoms with E-state index in [4.69, 9.17) is 4.74 Å². The molecule has 0 bridgehead atoms. The van der Waals surface area contributed by atoms with Gasteiger partial charge in [0.1, 0.15) is 0 Å². The summed E-state index contributed by atoms with van der Waals surface area (Å²) in [6.07, 6.45) is 3.25. The number of rotatable bonds is 7. The molecule has 0 N–H and O–H groups in total. The minimum absolute atomic E-state index is 0.0914. The third kappa shape index (κ3) is 3.80. The van der Waals surface area contributed by atoms with Crippen LogP contribution in [-0.2, 0) is 16.1 Å². The highest BCUT2D eigenvalue weighted by Gasteiger charge is 2.34. The fourth-order valence-corrected chi connectivity index (χ4v) is 2.19. The van der Waals surface area contributed by atoms with E-state index in [1.165, 1.54) is 0 Å². The fourth-order valence-electron chi connectivity index (χ4n) is 2.19. The van der Waals surface area contributed by atoms with Crippen molar-refractivity contribution in [2.24, 2.45) is 0 Å².